The van der Waals surface area contributed by atoms with Gasteiger partial charge in [-0.25, -0.2) is 0 Å². The summed E-state index contributed by atoms with van der Waals surface area (Å²) in [4.78, 5) is 16.4. The fourth-order valence-corrected chi connectivity index (χ4v) is 2.88. The molecule has 0 fully saturated rings. The lowest BCUT2D eigenvalue weighted by atomic mass is 10.0. The second-order valence-corrected chi connectivity index (χ2v) is 6.30. The van der Waals surface area contributed by atoms with Crippen LogP contribution in [-0.4, -0.2) is 10.8 Å². The van der Waals surface area contributed by atoms with E-state index in [-0.39, 0.29) is 5.78 Å². The third kappa shape index (κ3) is 4.02. The molecule has 0 saturated heterocycles. The Balaban J connectivity index is 1.67. The van der Waals surface area contributed by atoms with Gasteiger partial charge in [0.05, 0.1) is 15.6 Å². The summed E-state index contributed by atoms with van der Waals surface area (Å²) in [6, 6.07) is 15.2. The number of carbonyl (C=O) groups excluding carboxylic acids is 1. The number of nitrogens with zero attached hydrogens (tertiary/aromatic N) is 1. The molecule has 0 atom stereocenters. The molecule has 0 spiro atoms. The smallest absolute Gasteiger partial charge is 0.159 e. The Morgan fingerprint density at radius 2 is 1.88 bits per heavy atom. The van der Waals surface area contributed by atoms with Gasteiger partial charge in [-0.3, -0.25) is 9.78 Å². The highest BCUT2D eigenvalue weighted by Gasteiger charge is 2.04. The summed E-state index contributed by atoms with van der Waals surface area (Å²) in [7, 11) is 0. The van der Waals surface area contributed by atoms with E-state index in [9.17, 15) is 4.79 Å². The van der Waals surface area contributed by atoms with E-state index in [4.69, 9.17) is 23.2 Å². The summed E-state index contributed by atoms with van der Waals surface area (Å²) in [5, 5.41) is 2.07. The van der Waals surface area contributed by atoms with Gasteiger partial charge in [-0.05, 0) is 47.9 Å². The summed E-state index contributed by atoms with van der Waals surface area (Å²) in [6.07, 6.45) is 6.31. The van der Waals surface area contributed by atoms with E-state index in [1.165, 1.54) is 0 Å². The zero-order chi connectivity index (χ0) is 16.9. The van der Waals surface area contributed by atoms with Crippen molar-refractivity contribution < 1.29 is 4.79 Å². The van der Waals surface area contributed by atoms with Crippen LogP contribution in [0.15, 0.2) is 66.9 Å². The first-order valence-corrected chi connectivity index (χ1v) is 8.35. The SMILES string of the molecule is O=C(/C=C/Cc1ccnc2ccccc12)Cc1ccc(Cl)c(Cl)c1. The maximum absolute atomic E-state index is 12.1. The number of para-hydroxylation sites is 1. The molecule has 1 heterocycles. The molecule has 4 heteroatoms. The number of rotatable bonds is 5. The van der Waals surface area contributed by atoms with Gasteiger partial charge in [0.25, 0.3) is 0 Å². The Bertz CT molecular complexity index is 913. The average Bonchev–Trinajstić information content (AvgIpc) is 2.58. The number of pyridine rings is 1. The minimum Gasteiger partial charge on any atom is -0.294 e. The molecule has 0 saturated carbocycles. The normalized spacial score (nSPS) is 11.2. The van der Waals surface area contributed by atoms with Crippen molar-refractivity contribution in [2.75, 3.05) is 0 Å². The van der Waals surface area contributed by atoms with Crippen LogP contribution in [0.2, 0.25) is 10.0 Å². The molecule has 3 rings (SSSR count). The van der Waals surface area contributed by atoms with Crippen molar-refractivity contribution in [2.24, 2.45) is 0 Å². The third-order valence-corrected chi connectivity index (χ3v) is 4.48. The van der Waals surface area contributed by atoms with Gasteiger partial charge in [-0.15, -0.1) is 0 Å². The molecule has 0 amide bonds. The molecule has 24 heavy (non-hydrogen) atoms. The largest absolute Gasteiger partial charge is 0.294 e. The van der Waals surface area contributed by atoms with Crippen LogP contribution in [0.1, 0.15) is 11.1 Å². The van der Waals surface area contributed by atoms with Crippen molar-refractivity contribution in [2.45, 2.75) is 12.8 Å². The van der Waals surface area contributed by atoms with E-state index >= 15 is 0 Å². The first kappa shape index (κ1) is 16.7. The summed E-state index contributed by atoms with van der Waals surface area (Å²) in [5.74, 6) is 0.0340. The number of hydrogen-bond acceptors (Lipinski definition) is 2. The summed E-state index contributed by atoms with van der Waals surface area (Å²) in [6.45, 7) is 0. The van der Waals surface area contributed by atoms with Gasteiger partial charge in [0.15, 0.2) is 5.78 Å². The molecule has 0 aliphatic rings. The number of halogens is 2. The van der Waals surface area contributed by atoms with Crippen LogP contribution in [0.3, 0.4) is 0 Å². The van der Waals surface area contributed by atoms with Gasteiger partial charge in [0.1, 0.15) is 0 Å². The van der Waals surface area contributed by atoms with Crippen LogP contribution >= 0.6 is 23.2 Å². The molecule has 3 aromatic rings. The van der Waals surface area contributed by atoms with Crippen molar-refractivity contribution in [1.82, 2.24) is 4.98 Å². The zero-order valence-corrected chi connectivity index (χ0v) is 14.4. The Morgan fingerprint density at radius 1 is 1.04 bits per heavy atom. The second kappa shape index (κ2) is 7.61. The molecule has 2 aromatic carbocycles. The molecule has 120 valence electrons. The number of fused-ring (bicyclic) bond motifs is 1. The Labute approximate surface area is 150 Å². The van der Waals surface area contributed by atoms with E-state index in [0.717, 1.165) is 22.0 Å². The first-order valence-electron chi connectivity index (χ1n) is 7.59. The minimum atomic E-state index is 0.0340. The fourth-order valence-electron chi connectivity index (χ4n) is 2.56. The number of hydrogen-bond donors (Lipinski definition) is 0. The minimum absolute atomic E-state index is 0.0340. The molecule has 0 aliphatic heterocycles. The Morgan fingerprint density at radius 3 is 2.71 bits per heavy atom. The Kier molecular flexibility index (Phi) is 5.29. The predicted octanol–water partition coefficient (Wildman–Crippen LogP) is 5.45. The zero-order valence-electron chi connectivity index (χ0n) is 12.9. The molecule has 0 bridgehead atoms. The molecule has 0 aliphatic carbocycles. The standard InChI is InChI=1S/C20H15Cl2NO/c21-18-9-8-14(13-19(18)22)12-16(24)5-3-4-15-10-11-23-20-7-2-1-6-17(15)20/h1-3,5-11,13H,4,12H2/b5-3+. The van der Waals surface area contributed by atoms with E-state index in [1.54, 1.807) is 24.4 Å². The van der Waals surface area contributed by atoms with Gasteiger partial charge in [-0.1, -0.05) is 53.5 Å². The van der Waals surface area contributed by atoms with E-state index in [2.05, 4.69) is 4.98 Å². The van der Waals surface area contributed by atoms with Crippen LogP contribution in [-0.2, 0) is 17.6 Å². The van der Waals surface area contributed by atoms with Crippen molar-refractivity contribution in [3.05, 3.63) is 88.1 Å². The van der Waals surface area contributed by atoms with Gasteiger partial charge < -0.3 is 0 Å². The van der Waals surface area contributed by atoms with Gasteiger partial charge in [-0.2, -0.15) is 0 Å². The van der Waals surface area contributed by atoms with E-state index < -0.39 is 0 Å². The van der Waals surface area contributed by atoms with Gasteiger partial charge in [0, 0.05) is 18.0 Å². The highest BCUT2D eigenvalue weighted by molar-refractivity contribution is 6.42. The monoisotopic (exact) mass is 355 g/mol. The number of aromatic nitrogens is 1. The number of carbonyl (C=O) groups is 1. The van der Waals surface area contributed by atoms with Crippen molar-refractivity contribution >= 4 is 39.9 Å². The van der Waals surface area contributed by atoms with E-state index in [0.29, 0.717) is 22.9 Å². The fraction of sp³-hybridized carbons (Fsp3) is 0.100. The lowest BCUT2D eigenvalue weighted by Crippen LogP contribution is -1.98. The molecule has 0 unspecified atom stereocenters. The van der Waals surface area contributed by atoms with Crippen LogP contribution in [0.5, 0.6) is 0 Å². The molecular formula is C20H15Cl2NO. The number of benzene rings is 2. The van der Waals surface area contributed by atoms with Crippen molar-refractivity contribution in [3.8, 4) is 0 Å². The lowest BCUT2D eigenvalue weighted by molar-refractivity contribution is -0.114. The third-order valence-electron chi connectivity index (χ3n) is 3.74. The maximum Gasteiger partial charge on any atom is 0.159 e. The van der Waals surface area contributed by atoms with Crippen LogP contribution in [0, 0.1) is 0 Å². The number of ketones is 1. The maximum atomic E-state index is 12.1. The quantitative estimate of drug-likeness (QED) is 0.569. The van der Waals surface area contributed by atoms with Crippen LogP contribution in [0.25, 0.3) is 10.9 Å². The highest BCUT2D eigenvalue weighted by atomic mass is 35.5. The lowest BCUT2D eigenvalue weighted by Gasteiger charge is -2.03. The molecule has 0 N–H and O–H groups in total. The van der Waals surface area contributed by atoms with Crippen LogP contribution < -0.4 is 0 Å². The summed E-state index contributed by atoms with van der Waals surface area (Å²) in [5.41, 5.74) is 2.97. The molecule has 1 aromatic heterocycles. The van der Waals surface area contributed by atoms with Gasteiger partial charge in [0.2, 0.25) is 0 Å². The average molecular weight is 356 g/mol. The van der Waals surface area contributed by atoms with E-state index in [1.807, 2.05) is 42.5 Å². The molecule has 0 radical (unpaired) electrons. The number of allylic oxidation sites excluding steroid dienone is 2. The topological polar surface area (TPSA) is 30.0 Å². The predicted molar refractivity (Wildman–Crippen MR) is 99.8 cm³/mol. The highest BCUT2D eigenvalue weighted by Crippen LogP contribution is 2.23. The van der Waals surface area contributed by atoms with Gasteiger partial charge >= 0.3 is 0 Å². The van der Waals surface area contributed by atoms with Crippen molar-refractivity contribution in [3.63, 3.8) is 0 Å². The Hall–Kier alpha value is -2.16. The van der Waals surface area contributed by atoms with Crippen LogP contribution in [0.4, 0.5) is 0 Å². The van der Waals surface area contributed by atoms with Crippen molar-refractivity contribution in [1.29, 1.82) is 0 Å². The summed E-state index contributed by atoms with van der Waals surface area (Å²) >= 11 is 11.9. The summed E-state index contributed by atoms with van der Waals surface area (Å²) < 4.78 is 0. The molecule has 2 nitrogen and oxygen atoms in total. The first-order chi connectivity index (χ1) is 11.6. The second-order valence-electron chi connectivity index (χ2n) is 5.49. The molecular weight excluding hydrogens is 341 g/mol.